The van der Waals surface area contributed by atoms with Crippen molar-refractivity contribution in [2.24, 2.45) is 16.6 Å². The summed E-state index contributed by atoms with van der Waals surface area (Å²) in [4.78, 5) is 16.6. The average Bonchev–Trinajstić information content (AvgIpc) is 3.37. The van der Waals surface area contributed by atoms with Crippen LogP contribution in [0.4, 0.5) is 0 Å². The summed E-state index contributed by atoms with van der Waals surface area (Å²) >= 11 is 0. The highest BCUT2D eigenvalue weighted by Crippen LogP contribution is 2.44. The summed E-state index contributed by atoms with van der Waals surface area (Å²) in [6.45, 7) is 0.607. The molecule has 2 N–H and O–H groups in total. The van der Waals surface area contributed by atoms with Crippen molar-refractivity contribution in [3.05, 3.63) is 125 Å². The van der Waals surface area contributed by atoms with E-state index in [1.165, 1.54) is 23.1 Å². The predicted octanol–water partition coefficient (Wildman–Crippen LogP) is 7.59. The Kier molecular flexibility index (Phi) is 9.28. The number of hydrogen-bond acceptors (Lipinski definition) is 3. The van der Waals surface area contributed by atoms with E-state index in [9.17, 15) is 4.79 Å². The molecular weight excluding hydrogens is 492 g/mol. The highest BCUT2D eigenvalue weighted by Gasteiger charge is 2.38. The zero-order valence-electron chi connectivity index (χ0n) is 23.3. The third-order valence-corrected chi connectivity index (χ3v) is 8.31. The first kappa shape index (κ1) is 27.6. The van der Waals surface area contributed by atoms with Gasteiger partial charge >= 0.3 is 0 Å². The lowest BCUT2D eigenvalue weighted by Gasteiger charge is -2.36. The number of carbonyl (C=O) groups is 1. The first-order chi connectivity index (χ1) is 19.6. The molecule has 2 aliphatic rings. The SMILES string of the molecule is NC(=O)Cc1cccc(OCCCC2(CC3CC=CCC3)N=CC=C2CC(c2ccccc2)c2ccccc2)c1. The number of hydrogen-bond donors (Lipinski definition) is 1. The Morgan fingerprint density at radius 2 is 1.73 bits per heavy atom. The van der Waals surface area contributed by atoms with Gasteiger partial charge in [0.1, 0.15) is 5.75 Å². The van der Waals surface area contributed by atoms with Crippen molar-refractivity contribution in [1.82, 2.24) is 0 Å². The Balaban J connectivity index is 1.33. The van der Waals surface area contributed by atoms with Gasteiger partial charge in [0.05, 0.1) is 18.6 Å². The van der Waals surface area contributed by atoms with Crippen molar-refractivity contribution >= 4 is 12.1 Å². The molecule has 0 fully saturated rings. The van der Waals surface area contributed by atoms with E-state index < -0.39 is 0 Å². The first-order valence-corrected chi connectivity index (χ1v) is 14.6. The van der Waals surface area contributed by atoms with Gasteiger partial charge in [-0.05, 0) is 91.3 Å². The van der Waals surface area contributed by atoms with Crippen molar-refractivity contribution in [2.45, 2.75) is 62.8 Å². The Hall–Kier alpha value is -3.92. The van der Waals surface area contributed by atoms with E-state index >= 15 is 0 Å². The van der Waals surface area contributed by atoms with Gasteiger partial charge in [-0.15, -0.1) is 0 Å². The van der Waals surface area contributed by atoms with Gasteiger partial charge in [-0.1, -0.05) is 84.9 Å². The van der Waals surface area contributed by atoms with Crippen LogP contribution in [-0.2, 0) is 11.2 Å². The minimum atomic E-state index is -0.334. The van der Waals surface area contributed by atoms with Gasteiger partial charge in [-0.3, -0.25) is 9.79 Å². The molecule has 1 aliphatic heterocycles. The number of aliphatic imine (C=N–C) groups is 1. The molecule has 0 aromatic heterocycles. The Morgan fingerprint density at radius 1 is 0.975 bits per heavy atom. The second-order valence-electron chi connectivity index (χ2n) is 11.2. The van der Waals surface area contributed by atoms with Crippen LogP contribution in [0.25, 0.3) is 0 Å². The molecule has 1 aliphatic carbocycles. The third-order valence-electron chi connectivity index (χ3n) is 8.31. The Morgan fingerprint density at radius 3 is 2.40 bits per heavy atom. The largest absolute Gasteiger partial charge is 0.494 e. The fraction of sp³-hybridized carbons (Fsp3) is 0.333. The first-order valence-electron chi connectivity index (χ1n) is 14.6. The van der Waals surface area contributed by atoms with Gasteiger partial charge in [0, 0.05) is 12.1 Å². The number of nitrogens with two attached hydrogens (primary N) is 1. The van der Waals surface area contributed by atoms with Gasteiger partial charge in [-0.25, -0.2) is 0 Å². The number of amides is 1. The molecule has 0 bridgehead atoms. The summed E-state index contributed by atoms with van der Waals surface area (Å²) in [7, 11) is 0. The monoisotopic (exact) mass is 532 g/mol. The van der Waals surface area contributed by atoms with E-state index in [2.05, 4.69) is 85.1 Å². The van der Waals surface area contributed by atoms with Crippen LogP contribution in [0, 0.1) is 5.92 Å². The minimum Gasteiger partial charge on any atom is -0.494 e. The standard InChI is InChI=1S/C36H40N2O2/c37-35(39)25-29-14-10-19-33(24-29)40-23-11-21-36(27-28-12-4-1-5-13-28)32(20-22-38-36)26-34(30-15-6-2-7-16-30)31-17-8-3-9-18-31/h1-4,6-10,14-20,22,24,28,34H,5,11-13,21,23,25-27H2,(H2,37,39). The van der Waals surface area contributed by atoms with Crippen LogP contribution >= 0.6 is 0 Å². The third kappa shape index (κ3) is 7.18. The van der Waals surface area contributed by atoms with Crippen LogP contribution in [0.5, 0.6) is 5.75 Å². The average molecular weight is 533 g/mol. The van der Waals surface area contributed by atoms with Gasteiger partial charge in [0.2, 0.25) is 5.91 Å². The zero-order valence-corrected chi connectivity index (χ0v) is 23.3. The van der Waals surface area contributed by atoms with E-state index in [0.29, 0.717) is 12.5 Å². The van der Waals surface area contributed by atoms with E-state index in [1.54, 1.807) is 0 Å². The number of primary amides is 1. The molecule has 1 amide bonds. The summed E-state index contributed by atoms with van der Waals surface area (Å²) in [5.74, 6) is 1.37. The van der Waals surface area contributed by atoms with Gasteiger partial charge in [0.15, 0.2) is 0 Å². The zero-order chi connectivity index (χ0) is 27.6. The summed E-state index contributed by atoms with van der Waals surface area (Å²) in [6, 6.07) is 29.4. The number of benzene rings is 3. The second kappa shape index (κ2) is 13.4. The molecule has 3 aromatic carbocycles. The highest BCUT2D eigenvalue weighted by molar-refractivity contribution is 5.77. The summed E-state index contributed by atoms with van der Waals surface area (Å²) in [6.07, 6.45) is 16.6. The molecule has 4 heteroatoms. The molecule has 2 atom stereocenters. The van der Waals surface area contributed by atoms with Gasteiger partial charge < -0.3 is 10.5 Å². The Bertz CT molecular complexity index is 1310. The van der Waals surface area contributed by atoms with Crippen molar-refractivity contribution in [3.63, 3.8) is 0 Å². The number of carbonyl (C=O) groups excluding carboxylic acids is 1. The second-order valence-corrected chi connectivity index (χ2v) is 11.2. The van der Waals surface area contributed by atoms with Crippen LogP contribution in [0.15, 0.2) is 114 Å². The van der Waals surface area contributed by atoms with E-state index in [4.69, 9.17) is 15.5 Å². The number of allylic oxidation sites excluding steroid dienone is 3. The van der Waals surface area contributed by atoms with Crippen LogP contribution in [0.2, 0.25) is 0 Å². The van der Waals surface area contributed by atoms with Crippen molar-refractivity contribution in [3.8, 4) is 5.75 Å². The lowest BCUT2D eigenvalue weighted by atomic mass is 9.72. The highest BCUT2D eigenvalue weighted by atomic mass is 16.5. The number of nitrogens with zero attached hydrogens (tertiary/aromatic N) is 1. The molecular formula is C36H40N2O2. The van der Waals surface area contributed by atoms with E-state index in [-0.39, 0.29) is 23.8 Å². The van der Waals surface area contributed by atoms with Crippen molar-refractivity contribution in [1.29, 1.82) is 0 Å². The fourth-order valence-electron chi connectivity index (χ4n) is 6.32. The number of rotatable bonds is 13. The summed E-state index contributed by atoms with van der Waals surface area (Å²) in [5.41, 5.74) is 10.2. The van der Waals surface area contributed by atoms with Crippen LogP contribution in [-0.4, -0.2) is 24.3 Å². The maximum atomic E-state index is 11.3. The van der Waals surface area contributed by atoms with Crippen LogP contribution < -0.4 is 10.5 Å². The molecule has 40 heavy (non-hydrogen) atoms. The molecule has 0 radical (unpaired) electrons. The van der Waals surface area contributed by atoms with Crippen molar-refractivity contribution in [2.75, 3.05) is 6.61 Å². The van der Waals surface area contributed by atoms with Crippen LogP contribution in [0.1, 0.15) is 67.6 Å². The molecule has 206 valence electrons. The maximum Gasteiger partial charge on any atom is 0.221 e. The summed E-state index contributed by atoms with van der Waals surface area (Å²) < 4.78 is 6.14. The molecule has 1 heterocycles. The van der Waals surface area contributed by atoms with Gasteiger partial charge in [0.25, 0.3) is 0 Å². The smallest absolute Gasteiger partial charge is 0.221 e. The Labute approximate surface area is 238 Å². The molecule has 4 nitrogen and oxygen atoms in total. The van der Waals surface area contributed by atoms with E-state index in [0.717, 1.165) is 49.8 Å². The molecule has 5 rings (SSSR count). The lowest BCUT2D eigenvalue weighted by Crippen LogP contribution is -2.32. The minimum absolute atomic E-state index is 0.200. The quantitative estimate of drug-likeness (QED) is 0.182. The summed E-state index contributed by atoms with van der Waals surface area (Å²) in [5, 5.41) is 0. The normalized spacial score (nSPS) is 20.0. The molecule has 0 spiro atoms. The van der Waals surface area contributed by atoms with E-state index in [1.807, 2.05) is 24.3 Å². The van der Waals surface area contributed by atoms with Gasteiger partial charge in [-0.2, -0.15) is 0 Å². The maximum absolute atomic E-state index is 11.3. The molecule has 0 saturated heterocycles. The fourth-order valence-corrected chi connectivity index (χ4v) is 6.32. The molecule has 2 unspecified atom stereocenters. The molecule has 0 saturated carbocycles. The number of ether oxygens (including phenoxy) is 1. The predicted molar refractivity (Wildman–Crippen MR) is 164 cm³/mol. The lowest BCUT2D eigenvalue weighted by molar-refractivity contribution is -0.117. The molecule has 3 aromatic rings. The van der Waals surface area contributed by atoms with Crippen molar-refractivity contribution < 1.29 is 9.53 Å². The topological polar surface area (TPSA) is 64.7 Å². The van der Waals surface area contributed by atoms with Crippen LogP contribution in [0.3, 0.4) is 0 Å².